The Morgan fingerprint density at radius 1 is 1.39 bits per heavy atom. The van der Waals surface area contributed by atoms with Crippen molar-refractivity contribution in [3.63, 3.8) is 0 Å². The van der Waals surface area contributed by atoms with Crippen LogP contribution in [0.3, 0.4) is 0 Å². The van der Waals surface area contributed by atoms with Crippen molar-refractivity contribution >= 4 is 26.5 Å². The highest BCUT2D eigenvalue weighted by Crippen LogP contribution is 2.16. The molecule has 18 heavy (non-hydrogen) atoms. The second kappa shape index (κ2) is 5.81. The molecule has 0 saturated heterocycles. The molecule has 5 nitrogen and oxygen atoms in total. The molecule has 0 radical (unpaired) electrons. The van der Waals surface area contributed by atoms with Crippen molar-refractivity contribution in [3.8, 4) is 0 Å². The zero-order valence-electron chi connectivity index (χ0n) is 10.6. The summed E-state index contributed by atoms with van der Waals surface area (Å²) in [6.07, 6.45) is 1.55. The minimum absolute atomic E-state index is 0.133. The highest BCUT2D eigenvalue weighted by Gasteiger charge is 2.17. The largest absolute Gasteiger partial charge is 0.399 e. The van der Waals surface area contributed by atoms with E-state index >= 15 is 0 Å². The van der Waals surface area contributed by atoms with Crippen LogP contribution in [0.4, 0.5) is 5.69 Å². The smallest absolute Gasteiger partial charge is 0.240 e. The summed E-state index contributed by atoms with van der Waals surface area (Å²) in [7, 11) is -4.66. The molecule has 0 saturated carbocycles. The summed E-state index contributed by atoms with van der Waals surface area (Å²) in [6, 6.07) is 4.65. The molecule has 0 aliphatic rings. The van der Waals surface area contributed by atoms with Gasteiger partial charge in [-0.1, -0.05) is 0 Å². The lowest BCUT2D eigenvalue weighted by molar-refractivity contribution is 0.580. The van der Waals surface area contributed by atoms with E-state index in [0.717, 1.165) is 5.56 Å². The van der Waals surface area contributed by atoms with Gasteiger partial charge in [-0.2, -0.15) is 0 Å². The molecule has 0 amide bonds. The molecule has 7 heteroatoms. The average Bonchev–Trinajstić information content (AvgIpc) is 2.24. The van der Waals surface area contributed by atoms with Gasteiger partial charge in [0.2, 0.25) is 10.0 Å². The first-order valence-corrected chi connectivity index (χ1v) is 8.52. The number of hydrogen-bond acceptors (Lipinski definition) is 4. The van der Waals surface area contributed by atoms with Gasteiger partial charge in [0, 0.05) is 34.5 Å². The van der Waals surface area contributed by atoms with Gasteiger partial charge < -0.3 is 5.73 Å². The molecular weight excluding hydrogens is 272 g/mol. The Kier molecular flexibility index (Phi) is 4.89. The van der Waals surface area contributed by atoms with Crippen LogP contribution < -0.4 is 10.5 Å². The van der Waals surface area contributed by atoms with Crippen LogP contribution in [-0.2, 0) is 20.8 Å². The third-order valence-electron chi connectivity index (χ3n) is 2.51. The first-order valence-electron chi connectivity index (χ1n) is 5.41. The van der Waals surface area contributed by atoms with Crippen LogP contribution in [0.25, 0.3) is 0 Å². The molecule has 0 aromatic heterocycles. The first kappa shape index (κ1) is 15.1. The lowest BCUT2D eigenvalue weighted by Gasteiger charge is -2.11. The molecule has 0 heterocycles. The number of anilines is 1. The van der Waals surface area contributed by atoms with Crippen molar-refractivity contribution in [3.05, 3.63) is 23.8 Å². The van der Waals surface area contributed by atoms with E-state index < -0.39 is 20.8 Å². The predicted octanol–water partition coefficient (Wildman–Crippen LogP) is 0.623. The highest BCUT2D eigenvalue weighted by atomic mass is 32.2. The van der Waals surface area contributed by atoms with Crippen molar-refractivity contribution in [2.24, 2.45) is 0 Å². The van der Waals surface area contributed by atoms with E-state index in [0.29, 0.717) is 5.69 Å². The fourth-order valence-electron chi connectivity index (χ4n) is 1.36. The zero-order valence-corrected chi connectivity index (χ0v) is 12.3. The molecule has 2 unspecified atom stereocenters. The number of aryl methyl sites for hydroxylation is 1. The number of nitrogens with two attached hydrogens (primary N) is 1. The van der Waals surface area contributed by atoms with Crippen LogP contribution in [-0.4, -0.2) is 30.7 Å². The third kappa shape index (κ3) is 4.08. The number of rotatable bonds is 5. The molecule has 0 spiro atoms. The second-order valence-electron chi connectivity index (χ2n) is 4.24. The average molecular weight is 290 g/mol. The molecule has 0 aliphatic carbocycles. The normalized spacial score (nSPS) is 15.3. The maximum absolute atomic E-state index is 12.0. The summed E-state index contributed by atoms with van der Waals surface area (Å²) in [5, 5.41) is -0.234. The molecule has 102 valence electrons. The van der Waals surface area contributed by atoms with E-state index in [-0.39, 0.29) is 16.7 Å². The van der Waals surface area contributed by atoms with Gasteiger partial charge in [0.05, 0.1) is 4.90 Å². The number of sulfonamides is 1. The van der Waals surface area contributed by atoms with E-state index in [4.69, 9.17) is 5.73 Å². The van der Waals surface area contributed by atoms with Gasteiger partial charge in [0.25, 0.3) is 0 Å². The van der Waals surface area contributed by atoms with Gasteiger partial charge >= 0.3 is 0 Å². The number of hydrogen-bond donors (Lipinski definition) is 2. The molecule has 1 aromatic rings. The topological polar surface area (TPSA) is 89.3 Å². The van der Waals surface area contributed by atoms with E-state index in [1.165, 1.54) is 6.07 Å². The molecular formula is C11H18N2O3S2. The van der Waals surface area contributed by atoms with Crippen LogP contribution in [0.5, 0.6) is 0 Å². The zero-order chi connectivity index (χ0) is 13.9. The first-order chi connectivity index (χ1) is 8.22. The van der Waals surface area contributed by atoms with Gasteiger partial charge in [-0.25, -0.2) is 13.1 Å². The molecule has 1 aromatic carbocycles. The maximum atomic E-state index is 12.0. The van der Waals surface area contributed by atoms with Gasteiger partial charge in [0.15, 0.2) is 0 Å². The SMILES string of the molecule is Cc1cc(N)cc(S(=O)(=O)NCC(C)S(C)=O)c1. The minimum atomic E-state index is -3.60. The fraction of sp³-hybridized carbons (Fsp3) is 0.455. The standard InChI is InChI=1S/C11H18N2O3S2/c1-8-4-10(12)6-11(5-8)18(15,16)13-7-9(2)17(3)14/h4-6,9,13H,7,12H2,1-3H3. The van der Waals surface area contributed by atoms with E-state index in [1.54, 1.807) is 32.2 Å². The Labute approximate surface area is 110 Å². The number of nitrogens with one attached hydrogen (secondary N) is 1. The molecule has 0 aliphatic heterocycles. The van der Waals surface area contributed by atoms with E-state index in [2.05, 4.69) is 4.72 Å². The summed E-state index contributed by atoms with van der Waals surface area (Å²) in [4.78, 5) is 0.133. The summed E-state index contributed by atoms with van der Waals surface area (Å²) in [5.74, 6) is 0. The minimum Gasteiger partial charge on any atom is -0.399 e. The van der Waals surface area contributed by atoms with E-state index in [1.807, 2.05) is 0 Å². The van der Waals surface area contributed by atoms with Crippen LogP contribution in [0.1, 0.15) is 12.5 Å². The molecule has 3 N–H and O–H groups in total. The fourth-order valence-corrected chi connectivity index (χ4v) is 3.05. The van der Waals surface area contributed by atoms with Gasteiger partial charge in [-0.3, -0.25) is 4.21 Å². The Morgan fingerprint density at radius 3 is 2.50 bits per heavy atom. The Morgan fingerprint density at radius 2 is 2.00 bits per heavy atom. The Bertz CT molecular complexity index is 535. The molecule has 0 fully saturated rings. The van der Waals surface area contributed by atoms with Gasteiger partial charge in [-0.15, -0.1) is 0 Å². The van der Waals surface area contributed by atoms with Crippen LogP contribution in [0.2, 0.25) is 0 Å². The molecule has 2 atom stereocenters. The van der Waals surface area contributed by atoms with Crippen LogP contribution >= 0.6 is 0 Å². The van der Waals surface area contributed by atoms with Crippen molar-refractivity contribution < 1.29 is 12.6 Å². The predicted molar refractivity (Wildman–Crippen MR) is 74.3 cm³/mol. The Balaban J connectivity index is 2.90. The summed E-state index contributed by atoms with van der Waals surface area (Å²) in [6.45, 7) is 3.64. The van der Waals surface area contributed by atoms with Crippen LogP contribution in [0.15, 0.2) is 23.1 Å². The summed E-state index contributed by atoms with van der Waals surface area (Å²) < 4.78 is 37.6. The van der Waals surface area contributed by atoms with Crippen molar-refractivity contribution in [1.29, 1.82) is 0 Å². The Hall–Kier alpha value is -0.920. The van der Waals surface area contributed by atoms with E-state index in [9.17, 15) is 12.6 Å². The summed E-state index contributed by atoms with van der Waals surface area (Å²) >= 11 is 0. The molecule has 0 bridgehead atoms. The monoisotopic (exact) mass is 290 g/mol. The summed E-state index contributed by atoms with van der Waals surface area (Å²) in [5.41, 5.74) is 6.80. The quantitative estimate of drug-likeness (QED) is 0.778. The number of benzene rings is 1. The highest BCUT2D eigenvalue weighted by molar-refractivity contribution is 7.89. The van der Waals surface area contributed by atoms with Crippen molar-refractivity contribution in [2.75, 3.05) is 18.5 Å². The maximum Gasteiger partial charge on any atom is 0.240 e. The number of nitrogen functional groups attached to an aromatic ring is 1. The lowest BCUT2D eigenvalue weighted by atomic mass is 10.2. The van der Waals surface area contributed by atoms with Crippen LogP contribution in [0, 0.1) is 6.92 Å². The lowest BCUT2D eigenvalue weighted by Crippen LogP contribution is -2.32. The van der Waals surface area contributed by atoms with Gasteiger partial charge in [-0.05, 0) is 37.6 Å². The molecule has 1 rings (SSSR count). The second-order valence-corrected chi connectivity index (χ2v) is 7.81. The van der Waals surface area contributed by atoms with Crippen molar-refractivity contribution in [2.45, 2.75) is 24.0 Å². The van der Waals surface area contributed by atoms with Crippen molar-refractivity contribution in [1.82, 2.24) is 4.72 Å². The van der Waals surface area contributed by atoms with Gasteiger partial charge in [0.1, 0.15) is 0 Å². The third-order valence-corrected chi connectivity index (χ3v) is 5.21.